The smallest absolute Gasteiger partial charge is 0.223 e. The summed E-state index contributed by atoms with van der Waals surface area (Å²) in [6.07, 6.45) is 16.1. The molecule has 0 aliphatic heterocycles. The van der Waals surface area contributed by atoms with E-state index in [1.807, 2.05) is 55.3 Å². The number of aldehydes is 2. The summed E-state index contributed by atoms with van der Waals surface area (Å²) < 4.78 is 0. The summed E-state index contributed by atoms with van der Waals surface area (Å²) in [5.41, 5.74) is 3.61. The Bertz CT molecular complexity index is 1140. The molecule has 0 bridgehead atoms. The first kappa shape index (κ1) is 30.4. The van der Waals surface area contributed by atoms with Crippen LogP contribution in [0, 0.1) is 0 Å². The number of nitrogens with zero attached hydrogens (tertiary/aromatic N) is 4. The average Bonchev–Trinajstić information content (AvgIpc) is 2.98. The Morgan fingerprint density at radius 3 is 2.56 bits per heavy atom. The van der Waals surface area contributed by atoms with Gasteiger partial charge in [0.1, 0.15) is 12.6 Å². The van der Waals surface area contributed by atoms with E-state index in [-0.39, 0.29) is 6.04 Å². The van der Waals surface area contributed by atoms with E-state index in [1.165, 1.54) is 25.7 Å². The average molecular weight is 548 g/mol. The molecule has 0 saturated carbocycles. The van der Waals surface area contributed by atoms with Crippen LogP contribution in [0.1, 0.15) is 74.2 Å². The van der Waals surface area contributed by atoms with Crippen LogP contribution < -0.4 is 5.32 Å². The van der Waals surface area contributed by atoms with E-state index in [2.05, 4.69) is 38.2 Å². The molecule has 0 saturated heterocycles. The van der Waals surface area contributed by atoms with Gasteiger partial charge in [-0.05, 0) is 61.9 Å². The first-order valence-corrected chi connectivity index (χ1v) is 15.0. The standard InChI is InChI=1S/C31H41N5O2S/c1-3-12-27(24-38)36(2)22-28-26(23-37)13-10-15-30(28)39-20-9-7-5-4-6-8-18-33-31-34-19-16-29(35-31)25-14-11-17-32-21-25/h10-11,13-17,19,21,23-24,27H,3-9,12,18,20,22H2,1-2H3,(H,33,34,35). The Balaban J connectivity index is 1.33. The van der Waals surface area contributed by atoms with Crippen molar-refractivity contribution >= 4 is 30.3 Å². The number of hydrogen-bond acceptors (Lipinski definition) is 8. The molecule has 8 heteroatoms. The van der Waals surface area contributed by atoms with E-state index in [4.69, 9.17) is 0 Å². The maximum atomic E-state index is 11.7. The number of nitrogens with one attached hydrogen (secondary N) is 1. The number of pyridine rings is 1. The Kier molecular flexibility index (Phi) is 13.6. The molecule has 0 spiro atoms. The molecular formula is C31H41N5O2S. The molecule has 0 aliphatic rings. The number of rotatable bonds is 19. The molecular weight excluding hydrogens is 506 g/mol. The molecule has 0 radical (unpaired) electrons. The maximum absolute atomic E-state index is 11.7. The van der Waals surface area contributed by atoms with Gasteiger partial charge in [-0.1, -0.05) is 51.2 Å². The lowest BCUT2D eigenvalue weighted by molar-refractivity contribution is -0.112. The Labute approximate surface area is 237 Å². The minimum absolute atomic E-state index is 0.118. The molecule has 3 aromatic rings. The molecule has 1 N–H and O–H groups in total. The number of carbonyl (C=O) groups excluding carboxylic acids is 2. The van der Waals surface area contributed by atoms with Gasteiger partial charge >= 0.3 is 0 Å². The summed E-state index contributed by atoms with van der Waals surface area (Å²) in [6, 6.07) is 11.6. The van der Waals surface area contributed by atoms with Gasteiger partial charge in [0.05, 0.1) is 11.7 Å². The summed E-state index contributed by atoms with van der Waals surface area (Å²) in [4.78, 5) is 39.5. The molecule has 1 unspecified atom stereocenters. The quantitative estimate of drug-likeness (QED) is 0.101. The molecule has 0 fully saturated rings. The molecule has 0 amide bonds. The summed E-state index contributed by atoms with van der Waals surface area (Å²) >= 11 is 1.82. The molecule has 2 heterocycles. The Morgan fingerprint density at radius 2 is 1.82 bits per heavy atom. The van der Waals surface area contributed by atoms with Crippen LogP contribution in [-0.2, 0) is 11.3 Å². The number of anilines is 1. The van der Waals surface area contributed by atoms with Crippen molar-refractivity contribution in [2.45, 2.75) is 75.8 Å². The van der Waals surface area contributed by atoms with Crippen LogP contribution in [0.5, 0.6) is 0 Å². The molecule has 0 aliphatic carbocycles. The number of hydrogen-bond donors (Lipinski definition) is 1. The van der Waals surface area contributed by atoms with Crippen LogP contribution >= 0.6 is 11.8 Å². The zero-order valence-corrected chi connectivity index (χ0v) is 24.0. The highest BCUT2D eigenvalue weighted by atomic mass is 32.2. The molecule has 39 heavy (non-hydrogen) atoms. The van der Waals surface area contributed by atoms with Gasteiger partial charge in [-0.3, -0.25) is 14.7 Å². The molecule has 208 valence electrons. The second kappa shape index (κ2) is 17.5. The topological polar surface area (TPSA) is 88.1 Å². The summed E-state index contributed by atoms with van der Waals surface area (Å²) in [6.45, 7) is 3.55. The third kappa shape index (κ3) is 10.2. The van der Waals surface area contributed by atoms with Gasteiger partial charge in [0.15, 0.2) is 0 Å². The predicted octanol–water partition coefficient (Wildman–Crippen LogP) is 6.70. The van der Waals surface area contributed by atoms with Crippen molar-refractivity contribution < 1.29 is 9.59 Å². The van der Waals surface area contributed by atoms with Gasteiger partial charge in [-0.15, -0.1) is 11.8 Å². The largest absolute Gasteiger partial charge is 0.354 e. The molecule has 7 nitrogen and oxygen atoms in total. The molecule has 2 aromatic heterocycles. The van der Waals surface area contributed by atoms with Crippen molar-refractivity contribution in [3.8, 4) is 11.3 Å². The maximum Gasteiger partial charge on any atom is 0.223 e. The predicted molar refractivity (Wildman–Crippen MR) is 160 cm³/mol. The Morgan fingerprint density at radius 1 is 1.00 bits per heavy atom. The fourth-order valence-electron chi connectivity index (χ4n) is 4.49. The van der Waals surface area contributed by atoms with Crippen molar-refractivity contribution in [1.82, 2.24) is 19.9 Å². The van der Waals surface area contributed by atoms with Crippen LogP contribution in [0.15, 0.2) is 59.9 Å². The number of likely N-dealkylation sites (N-methyl/N-ethyl adjacent to an activating group) is 1. The number of carbonyl (C=O) groups is 2. The highest BCUT2D eigenvalue weighted by molar-refractivity contribution is 7.99. The SMILES string of the molecule is CCCC(C=O)N(C)Cc1c(C=O)cccc1SCCCCCCCCNc1nccc(-c2cccnc2)n1. The third-order valence-corrected chi connectivity index (χ3v) is 7.92. The molecule has 1 atom stereocenters. The zero-order valence-electron chi connectivity index (χ0n) is 23.2. The number of aromatic nitrogens is 3. The van der Waals surface area contributed by atoms with Crippen molar-refractivity contribution in [2.24, 2.45) is 0 Å². The second-order valence-corrected chi connectivity index (χ2v) is 10.9. The minimum atomic E-state index is -0.118. The van der Waals surface area contributed by atoms with Gasteiger partial charge in [0.25, 0.3) is 0 Å². The number of thioether (sulfide) groups is 1. The van der Waals surface area contributed by atoms with E-state index >= 15 is 0 Å². The van der Waals surface area contributed by atoms with Crippen molar-refractivity contribution in [2.75, 3.05) is 24.7 Å². The van der Waals surface area contributed by atoms with Gasteiger partial charge in [0.2, 0.25) is 5.95 Å². The van der Waals surface area contributed by atoms with E-state index < -0.39 is 0 Å². The first-order chi connectivity index (χ1) is 19.2. The summed E-state index contributed by atoms with van der Waals surface area (Å²) in [5, 5.41) is 3.34. The zero-order chi connectivity index (χ0) is 27.7. The summed E-state index contributed by atoms with van der Waals surface area (Å²) in [7, 11) is 1.97. The number of benzene rings is 1. The Hall–Kier alpha value is -3.10. The van der Waals surface area contributed by atoms with Gasteiger partial charge in [-0.2, -0.15) is 0 Å². The van der Waals surface area contributed by atoms with Crippen molar-refractivity contribution in [3.05, 3.63) is 66.1 Å². The lowest BCUT2D eigenvalue weighted by atomic mass is 10.1. The molecule has 3 rings (SSSR count). The summed E-state index contributed by atoms with van der Waals surface area (Å²) in [5.74, 6) is 1.68. The van der Waals surface area contributed by atoms with Gasteiger partial charge in [0, 0.05) is 47.7 Å². The lowest BCUT2D eigenvalue weighted by Gasteiger charge is -2.25. The van der Waals surface area contributed by atoms with Crippen LogP contribution in [0.4, 0.5) is 5.95 Å². The van der Waals surface area contributed by atoms with Gasteiger partial charge in [-0.25, -0.2) is 9.97 Å². The molecule has 1 aromatic carbocycles. The van der Waals surface area contributed by atoms with E-state index in [1.54, 1.807) is 12.4 Å². The normalized spacial score (nSPS) is 11.9. The minimum Gasteiger partial charge on any atom is -0.354 e. The second-order valence-electron chi connectivity index (χ2n) is 9.75. The monoisotopic (exact) mass is 547 g/mol. The van der Waals surface area contributed by atoms with Crippen molar-refractivity contribution in [3.63, 3.8) is 0 Å². The van der Waals surface area contributed by atoms with E-state index in [0.717, 1.165) is 77.8 Å². The first-order valence-electron chi connectivity index (χ1n) is 14.0. The highest BCUT2D eigenvalue weighted by Crippen LogP contribution is 2.28. The van der Waals surface area contributed by atoms with Crippen LogP contribution in [0.3, 0.4) is 0 Å². The van der Waals surface area contributed by atoms with Crippen LogP contribution in [0.25, 0.3) is 11.3 Å². The lowest BCUT2D eigenvalue weighted by Crippen LogP contribution is -2.32. The fraction of sp³-hybridized carbons (Fsp3) is 0.452. The fourth-order valence-corrected chi connectivity index (χ4v) is 5.59. The van der Waals surface area contributed by atoms with E-state index in [0.29, 0.717) is 12.5 Å². The van der Waals surface area contributed by atoms with E-state index in [9.17, 15) is 9.59 Å². The van der Waals surface area contributed by atoms with Gasteiger partial charge < -0.3 is 10.1 Å². The number of unbranched alkanes of at least 4 members (excludes halogenated alkanes) is 5. The van der Waals surface area contributed by atoms with Crippen molar-refractivity contribution in [1.29, 1.82) is 0 Å². The third-order valence-electron chi connectivity index (χ3n) is 6.74. The highest BCUT2D eigenvalue weighted by Gasteiger charge is 2.17. The van der Waals surface area contributed by atoms with Crippen LogP contribution in [-0.4, -0.2) is 57.8 Å². The van der Waals surface area contributed by atoms with Crippen LogP contribution in [0.2, 0.25) is 0 Å².